The van der Waals surface area contributed by atoms with Gasteiger partial charge in [-0.3, -0.25) is 9.59 Å². The minimum Gasteiger partial charge on any atom is -0.431 e. The Bertz CT molecular complexity index is 1140. The zero-order valence-corrected chi connectivity index (χ0v) is 18.1. The smallest absolute Gasteiger partial charge is 0.417 e. The molecule has 1 saturated heterocycles. The minimum absolute atomic E-state index is 0.0200. The number of nitrogens with one attached hydrogen (secondary N) is 1. The van der Waals surface area contributed by atoms with E-state index in [4.69, 9.17) is 10.5 Å². The molecule has 3 rings (SSSR count). The predicted molar refractivity (Wildman–Crippen MR) is 108 cm³/mol. The van der Waals surface area contributed by atoms with E-state index in [1.807, 2.05) is 0 Å². The molecule has 0 radical (unpaired) electrons. The summed E-state index contributed by atoms with van der Waals surface area (Å²) in [6.45, 7) is -1.95. The largest absolute Gasteiger partial charge is 0.431 e. The molecule has 35 heavy (non-hydrogen) atoms. The van der Waals surface area contributed by atoms with Crippen molar-refractivity contribution in [2.24, 2.45) is 11.7 Å². The van der Waals surface area contributed by atoms with Crippen LogP contribution >= 0.6 is 0 Å². The second kappa shape index (κ2) is 9.36. The number of benzene rings is 2. The van der Waals surface area contributed by atoms with Gasteiger partial charge >= 0.3 is 12.8 Å². The molecule has 1 aliphatic rings. The van der Waals surface area contributed by atoms with Crippen LogP contribution in [0, 0.1) is 17.6 Å². The Morgan fingerprint density at radius 1 is 1.17 bits per heavy atom. The summed E-state index contributed by atoms with van der Waals surface area (Å²) in [7, 11) is 0. The number of hydrogen-bond acceptors (Lipinski definition) is 4. The Balaban J connectivity index is 2.10. The predicted octanol–water partition coefficient (Wildman–Crippen LogP) is 4.74. The van der Waals surface area contributed by atoms with Crippen molar-refractivity contribution in [2.75, 3.05) is 5.32 Å². The van der Waals surface area contributed by atoms with E-state index in [1.54, 1.807) is 0 Å². The van der Waals surface area contributed by atoms with Crippen molar-refractivity contribution in [3.05, 3.63) is 59.2 Å². The summed E-state index contributed by atoms with van der Waals surface area (Å²) >= 11 is 0. The van der Waals surface area contributed by atoms with Gasteiger partial charge in [0.1, 0.15) is 6.10 Å². The van der Waals surface area contributed by atoms with Crippen molar-refractivity contribution in [3.63, 3.8) is 0 Å². The molecule has 0 aliphatic carbocycles. The Labute approximate surface area is 194 Å². The van der Waals surface area contributed by atoms with E-state index in [-0.39, 0.29) is 11.3 Å². The molecule has 1 heterocycles. The van der Waals surface area contributed by atoms with Crippen LogP contribution in [-0.2, 0) is 9.53 Å². The Kier molecular flexibility index (Phi) is 7.02. The summed E-state index contributed by atoms with van der Waals surface area (Å²) in [4.78, 5) is 24.4. The highest BCUT2D eigenvalue weighted by Gasteiger charge is 2.66. The summed E-state index contributed by atoms with van der Waals surface area (Å²) in [5, 5.41) is 2.28. The third kappa shape index (κ3) is 4.90. The van der Waals surface area contributed by atoms with Gasteiger partial charge in [-0.1, -0.05) is 19.1 Å². The van der Waals surface area contributed by atoms with Gasteiger partial charge in [-0.2, -0.15) is 26.3 Å². The molecule has 0 bridgehead atoms. The van der Waals surface area contributed by atoms with Crippen LogP contribution < -0.4 is 15.8 Å². The number of rotatable bonds is 6. The fraction of sp³-hybridized carbons (Fsp3) is 0.364. The lowest BCUT2D eigenvalue weighted by atomic mass is 9.77. The van der Waals surface area contributed by atoms with E-state index in [0.29, 0.717) is 13.0 Å². The molecule has 4 atom stereocenters. The second-order valence-corrected chi connectivity index (χ2v) is 8.05. The van der Waals surface area contributed by atoms with E-state index >= 15 is 0 Å². The van der Waals surface area contributed by atoms with Crippen LogP contribution in [0.3, 0.4) is 0 Å². The summed E-state index contributed by atoms with van der Waals surface area (Å²) < 4.78 is 105. The molecule has 190 valence electrons. The highest BCUT2D eigenvalue weighted by Crippen LogP contribution is 2.55. The number of primary amides is 1. The maximum atomic E-state index is 14.4. The summed E-state index contributed by atoms with van der Waals surface area (Å²) in [6.07, 6.45) is -7.04. The average molecular weight is 508 g/mol. The molecule has 1 fully saturated rings. The normalized spacial score (nSPS) is 24.5. The molecule has 2 aromatic carbocycles. The van der Waals surface area contributed by atoms with Crippen molar-refractivity contribution in [1.29, 1.82) is 0 Å². The van der Waals surface area contributed by atoms with Crippen molar-refractivity contribution in [1.82, 2.24) is 0 Å². The van der Waals surface area contributed by atoms with Gasteiger partial charge in [0.2, 0.25) is 11.7 Å². The lowest BCUT2D eigenvalue weighted by molar-refractivity contribution is -0.272. The highest BCUT2D eigenvalue weighted by molar-refractivity contribution is 5.98. The summed E-state index contributed by atoms with van der Waals surface area (Å²) in [6, 6.07) is 6.41. The Morgan fingerprint density at radius 3 is 2.40 bits per heavy atom. The lowest BCUT2D eigenvalue weighted by Gasteiger charge is -2.32. The number of halogens is 7. The SMILES string of the molecule is C[C@H]1[C@H](c2ccc(F)c(F)c2OC(F)F)[C@@H](C(=O)Nc2cccc(C(N)=O)c2)O[C@@]1(C)C(F)(F)F. The molecule has 1 aliphatic heterocycles. The molecule has 13 heteroatoms. The number of amides is 2. The van der Waals surface area contributed by atoms with Gasteiger partial charge in [0, 0.05) is 28.7 Å². The van der Waals surface area contributed by atoms with Crippen LogP contribution in [0.4, 0.5) is 36.4 Å². The van der Waals surface area contributed by atoms with Crippen LogP contribution in [0.25, 0.3) is 0 Å². The van der Waals surface area contributed by atoms with Gasteiger partial charge in [-0.15, -0.1) is 0 Å². The van der Waals surface area contributed by atoms with Crippen LogP contribution in [0.2, 0.25) is 0 Å². The fourth-order valence-corrected chi connectivity index (χ4v) is 4.01. The van der Waals surface area contributed by atoms with E-state index in [1.165, 1.54) is 18.2 Å². The van der Waals surface area contributed by atoms with E-state index in [2.05, 4.69) is 10.1 Å². The minimum atomic E-state index is -5.03. The molecule has 3 N–H and O–H groups in total. The van der Waals surface area contributed by atoms with Crippen LogP contribution in [0.5, 0.6) is 5.75 Å². The van der Waals surface area contributed by atoms with Gasteiger partial charge in [-0.05, 0) is 31.2 Å². The average Bonchev–Trinajstić information content (AvgIpc) is 3.04. The first-order valence-electron chi connectivity index (χ1n) is 10.1. The van der Waals surface area contributed by atoms with Crippen LogP contribution in [-0.4, -0.2) is 36.3 Å². The number of nitrogens with two attached hydrogens (primary N) is 1. The van der Waals surface area contributed by atoms with Crippen molar-refractivity contribution in [3.8, 4) is 5.75 Å². The van der Waals surface area contributed by atoms with Crippen LogP contribution in [0.1, 0.15) is 35.7 Å². The summed E-state index contributed by atoms with van der Waals surface area (Å²) in [5.74, 6) is -10.1. The van der Waals surface area contributed by atoms with Gasteiger partial charge in [0.15, 0.2) is 17.2 Å². The van der Waals surface area contributed by atoms with E-state index < -0.39 is 71.1 Å². The number of ether oxygens (including phenoxy) is 2. The van der Waals surface area contributed by atoms with Gasteiger partial charge < -0.3 is 20.5 Å². The first-order chi connectivity index (χ1) is 16.2. The highest BCUT2D eigenvalue weighted by atomic mass is 19.4. The van der Waals surface area contributed by atoms with Crippen molar-refractivity contribution >= 4 is 17.5 Å². The van der Waals surface area contributed by atoms with E-state index in [9.17, 15) is 40.3 Å². The number of carbonyl (C=O) groups is 2. The molecule has 0 aromatic heterocycles. The third-order valence-corrected chi connectivity index (χ3v) is 5.99. The fourth-order valence-electron chi connectivity index (χ4n) is 4.01. The molecule has 0 saturated carbocycles. The number of alkyl halides is 5. The maximum absolute atomic E-state index is 14.4. The zero-order chi connectivity index (χ0) is 26.3. The van der Waals surface area contributed by atoms with Crippen molar-refractivity contribution < 1.29 is 49.8 Å². The standard InChI is InChI=1S/C22H19F7N2O4/c1-9-14(12-6-7-13(23)15(24)16(12)34-20(25)26)17(35-21(9,2)22(27,28)29)19(33)31-11-5-3-4-10(8-11)18(30)32/h3-9,14,17,20H,1-2H3,(H2,30,32)(H,31,33)/t9-,14+,17-,21+/m0/s1. The van der Waals surface area contributed by atoms with Gasteiger partial charge in [0.25, 0.3) is 5.91 Å². The molecule has 2 aromatic rings. The van der Waals surface area contributed by atoms with E-state index in [0.717, 1.165) is 19.1 Å². The maximum Gasteiger partial charge on any atom is 0.417 e. The Hall–Kier alpha value is -3.35. The monoisotopic (exact) mass is 508 g/mol. The van der Waals surface area contributed by atoms with Crippen LogP contribution in [0.15, 0.2) is 36.4 Å². The molecule has 0 spiro atoms. The second-order valence-electron chi connectivity index (χ2n) is 8.05. The number of anilines is 1. The first kappa shape index (κ1) is 26.3. The molecular formula is C22H19F7N2O4. The molecule has 0 unspecified atom stereocenters. The molecule has 6 nitrogen and oxygen atoms in total. The van der Waals surface area contributed by atoms with Crippen molar-refractivity contribution in [2.45, 2.75) is 44.3 Å². The molecular weight excluding hydrogens is 489 g/mol. The topological polar surface area (TPSA) is 90.6 Å². The summed E-state index contributed by atoms with van der Waals surface area (Å²) in [5.41, 5.74) is 1.54. The zero-order valence-electron chi connectivity index (χ0n) is 18.1. The lowest BCUT2D eigenvalue weighted by Crippen LogP contribution is -2.47. The van der Waals surface area contributed by atoms with Gasteiger partial charge in [0.05, 0.1) is 0 Å². The Morgan fingerprint density at radius 2 is 1.83 bits per heavy atom. The molecule has 2 amide bonds. The quantitative estimate of drug-likeness (QED) is 0.552. The first-order valence-corrected chi connectivity index (χ1v) is 10.1. The third-order valence-electron chi connectivity index (χ3n) is 5.99. The number of carbonyl (C=O) groups excluding carboxylic acids is 2. The van der Waals surface area contributed by atoms with Gasteiger partial charge in [-0.25, -0.2) is 4.39 Å². The number of hydrogen-bond donors (Lipinski definition) is 2.